The van der Waals surface area contributed by atoms with Crippen molar-refractivity contribution in [3.63, 3.8) is 0 Å². The number of benzene rings is 2. The number of fused-ring (bicyclic) bond motifs is 1. The summed E-state index contributed by atoms with van der Waals surface area (Å²) in [5.74, 6) is 0.108. The summed E-state index contributed by atoms with van der Waals surface area (Å²) in [6.45, 7) is 4.30. The maximum atomic E-state index is 12.9. The van der Waals surface area contributed by atoms with Crippen LogP contribution in [0, 0.1) is 0 Å². The predicted octanol–water partition coefficient (Wildman–Crippen LogP) is 5.99. The summed E-state index contributed by atoms with van der Waals surface area (Å²) in [5.41, 5.74) is 3.63. The molecule has 1 aliphatic carbocycles. The van der Waals surface area contributed by atoms with Gasteiger partial charge in [-0.25, -0.2) is 0 Å². The van der Waals surface area contributed by atoms with Crippen LogP contribution in [0.5, 0.6) is 0 Å². The summed E-state index contributed by atoms with van der Waals surface area (Å²) in [6.07, 6.45) is 2.10. The van der Waals surface area contributed by atoms with Crippen LogP contribution in [0.25, 0.3) is 0 Å². The highest BCUT2D eigenvalue weighted by Crippen LogP contribution is 2.42. The molecule has 0 bridgehead atoms. The number of carbonyl (C=O) groups excluding carboxylic acids is 1. The van der Waals surface area contributed by atoms with Gasteiger partial charge in [-0.1, -0.05) is 88.2 Å². The van der Waals surface area contributed by atoms with E-state index in [0.717, 1.165) is 26.7 Å². The first-order valence-corrected chi connectivity index (χ1v) is 8.87. The minimum absolute atomic E-state index is 0.106. The molecule has 2 aromatic rings. The number of halogens is 2. The third-order valence-corrected chi connectivity index (χ3v) is 5.57. The van der Waals surface area contributed by atoms with Crippen LogP contribution in [0.1, 0.15) is 40.2 Å². The van der Waals surface area contributed by atoms with Gasteiger partial charge in [0, 0.05) is 21.0 Å². The maximum Gasteiger partial charge on any atom is 0.190 e. The molecule has 3 heteroatoms. The van der Waals surface area contributed by atoms with E-state index in [0.29, 0.717) is 0 Å². The molecule has 2 aromatic carbocycles. The van der Waals surface area contributed by atoms with E-state index in [4.69, 9.17) is 0 Å². The molecule has 3 rings (SSSR count). The molecular weight excluding hydrogens is 404 g/mol. The highest BCUT2D eigenvalue weighted by atomic mass is 79.9. The molecule has 1 atom stereocenters. The molecule has 0 spiro atoms. The van der Waals surface area contributed by atoms with Gasteiger partial charge in [0.2, 0.25) is 0 Å². The summed E-state index contributed by atoms with van der Waals surface area (Å²) in [5, 5.41) is 0. The van der Waals surface area contributed by atoms with Gasteiger partial charge in [-0.05, 0) is 23.3 Å². The van der Waals surface area contributed by atoms with Crippen LogP contribution in [-0.2, 0) is 5.41 Å². The van der Waals surface area contributed by atoms with Gasteiger partial charge in [-0.15, -0.1) is 0 Å². The van der Waals surface area contributed by atoms with Crippen molar-refractivity contribution in [2.45, 2.75) is 24.1 Å². The van der Waals surface area contributed by atoms with Crippen LogP contribution in [0.4, 0.5) is 0 Å². The molecule has 0 aliphatic heterocycles. The first-order chi connectivity index (χ1) is 10.4. The summed E-state index contributed by atoms with van der Waals surface area (Å²) in [4.78, 5) is 12.8. The van der Waals surface area contributed by atoms with Crippen molar-refractivity contribution in [1.29, 1.82) is 0 Å². The average molecular weight is 420 g/mol. The van der Waals surface area contributed by atoms with Gasteiger partial charge < -0.3 is 0 Å². The van der Waals surface area contributed by atoms with Gasteiger partial charge in [0.15, 0.2) is 5.78 Å². The zero-order valence-electron chi connectivity index (χ0n) is 12.4. The predicted molar refractivity (Wildman–Crippen MR) is 97.7 cm³/mol. The van der Waals surface area contributed by atoms with Crippen LogP contribution in [0.15, 0.2) is 64.7 Å². The van der Waals surface area contributed by atoms with E-state index >= 15 is 0 Å². The van der Waals surface area contributed by atoms with Crippen LogP contribution in [-0.4, -0.2) is 5.78 Å². The number of carbonyl (C=O) groups is 1. The number of hydrogen-bond donors (Lipinski definition) is 0. The largest absolute Gasteiger partial charge is 0.289 e. The van der Waals surface area contributed by atoms with Crippen molar-refractivity contribution < 1.29 is 4.79 Å². The van der Waals surface area contributed by atoms with E-state index in [2.05, 4.69) is 51.8 Å². The normalized spacial score (nSPS) is 17.6. The summed E-state index contributed by atoms with van der Waals surface area (Å²) in [6, 6.07) is 15.9. The second-order valence-corrected chi connectivity index (χ2v) is 7.94. The van der Waals surface area contributed by atoms with Crippen molar-refractivity contribution in [3.8, 4) is 0 Å². The number of allylic oxidation sites excluding steroid dienone is 2. The van der Waals surface area contributed by atoms with E-state index in [1.54, 1.807) is 0 Å². The Labute approximate surface area is 147 Å². The fourth-order valence-electron chi connectivity index (χ4n) is 2.96. The van der Waals surface area contributed by atoms with E-state index in [9.17, 15) is 4.79 Å². The summed E-state index contributed by atoms with van der Waals surface area (Å²) < 4.78 is 1.01. The van der Waals surface area contributed by atoms with Crippen molar-refractivity contribution in [3.05, 3.63) is 81.3 Å². The zero-order chi connectivity index (χ0) is 15.9. The molecule has 0 amide bonds. The topological polar surface area (TPSA) is 17.1 Å². The number of rotatable bonds is 2. The maximum absolute atomic E-state index is 12.9. The lowest BCUT2D eigenvalue weighted by molar-refractivity contribution is 0.102. The van der Waals surface area contributed by atoms with Gasteiger partial charge in [0.05, 0.1) is 4.83 Å². The Morgan fingerprint density at radius 3 is 2.50 bits per heavy atom. The summed E-state index contributed by atoms with van der Waals surface area (Å²) >= 11 is 7.21. The Bertz CT molecular complexity index is 775. The molecule has 0 saturated heterocycles. The highest BCUT2D eigenvalue weighted by molar-refractivity contribution is 9.10. The van der Waals surface area contributed by atoms with E-state index in [1.807, 2.05) is 48.5 Å². The first-order valence-electron chi connectivity index (χ1n) is 7.16. The minimum Gasteiger partial charge on any atom is -0.289 e. The second-order valence-electron chi connectivity index (χ2n) is 6.11. The van der Waals surface area contributed by atoms with Gasteiger partial charge in [-0.3, -0.25) is 4.79 Å². The van der Waals surface area contributed by atoms with Crippen LogP contribution < -0.4 is 0 Å². The molecule has 0 aromatic heterocycles. The van der Waals surface area contributed by atoms with Crippen molar-refractivity contribution in [2.75, 3.05) is 0 Å². The molecule has 0 N–H and O–H groups in total. The standard InChI is InChI=1S/C19H16Br2O/c1-19(2)11-15(17(21)12-6-5-7-13(20)10-12)18(22)14-8-3-4-9-16(14)19/h3-11,17H,1-2H3. The number of Topliss-reactive ketones (excluding diaryl/α,β-unsaturated/α-hetero) is 1. The lowest BCUT2D eigenvalue weighted by Crippen LogP contribution is -2.27. The Balaban J connectivity index is 2.09. The lowest BCUT2D eigenvalue weighted by Gasteiger charge is -2.31. The van der Waals surface area contributed by atoms with Gasteiger partial charge in [0.1, 0.15) is 0 Å². The Morgan fingerprint density at radius 2 is 1.77 bits per heavy atom. The Morgan fingerprint density at radius 1 is 1.05 bits per heavy atom. The van der Waals surface area contributed by atoms with Crippen molar-refractivity contribution in [1.82, 2.24) is 0 Å². The van der Waals surface area contributed by atoms with Crippen LogP contribution in [0.2, 0.25) is 0 Å². The second kappa shape index (κ2) is 5.78. The van der Waals surface area contributed by atoms with Crippen molar-refractivity contribution >= 4 is 37.6 Å². The highest BCUT2D eigenvalue weighted by Gasteiger charge is 2.34. The van der Waals surface area contributed by atoms with Crippen LogP contribution >= 0.6 is 31.9 Å². The first kappa shape index (κ1) is 15.7. The number of ketones is 1. The molecular formula is C19H16Br2O. The molecule has 1 aliphatic rings. The third kappa shape index (κ3) is 2.72. The number of hydrogen-bond acceptors (Lipinski definition) is 1. The van der Waals surface area contributed by atoms with E-state index in [-0.39, 0.29) is 16.0 Å². The zero-order valence-corrected chi connectivity index (χ0v) is 15.6. The Kier molecular flexibility index (Phi) is 4.13. The van der Waals surface area contributed by atoms with E-state index in [1.165, 1.54) is 0 Å². The molecule has 0 heterocycles. The van der Waals surface area contributed by atoms with E-state index < -0.39 is 0 Å². The molecule has 0 saturated carbocycles. The molecule has 0 fully saturated rings. The Hall–Kier alpha value is -1.19. The summed E-state index contributed by atoms with van der Waals surface area (Å²) in [7, 11) is 0. The molecule has 0 radical (unpaired) electrons. The third-order valence-electron chi connectivity index (χ3n) is 4.06. The molecule has 1 nitrogen and oxygen atoms in total. The average Bonchev–Trinajstić information content (AvgIpc) is 2.50. The molecule has 1 unspecified atom stereocenters. The lowest BCUT2D eigenvalue weighted by atomic mass is 9.73. The SMILES string of the molecule is CC1(C)C=C(C(Br)c2cccc(Br)c2)C(=O)c2ccccc21. The number of alkyl halides is 1. The monoisotopic (exact) mass is 418 g/mol. The fourth-order valence-corrected chi connectivity index (χ4v) is 4.00. The minimum atomic E-state index is -0.155. The molecule has 22 heavy (non-hydrogen) atoms. The smallest absolute Gasteiger partial charge is 0.190 e. The molecule has 112 valence electrons. The fraction of sp³-hybridized carbons (Fsp3) is 0.211. The van der Waals surface area contributed by atoms with Gasteiger partial charge >= 0.3 is 0 Å². The van der Waals surface area contributed by atoms with Gasteiger partial charge in [-0.2, -0.15) is 0 Å². The van der Waals surface area contributed by atoms with Crippen molar-refractivity contribution in [2.24, 2.45) is 0 Å². The van der Waals surface area contributed by atoms with Crippen LogP contribution in [0.3, 0.4) is 0 Å². The van der Waals surface area contributed by atoms with Gasteiger partial charge in [0.25, 0.3) is 0 Å². The quantitative estimate of drug-likeness (QED) is 0.546.